The molecule has 0 fully saturated rings. The molecule has 0 bridgehead atoms. The third kappa shape index (κ3) is 5.22. The summed E-state index contributed by atoms with van der Waals surface area (Å²) in [4.78, 5) is 16.6. The summed E-state index contributed by atoms with van der Waals surface area (Å²) in [7, 11) is 1.67. The van der Waals surface area contributed by atoms with Gasteiger partial charge < -0.3 is 20.1 Å². The maximum absolute atomic E-state index is 11.7. The molecule has 3 aromatic carbocycles. The third-order valence-corrected chi connectivity index (χ3v) is 5.82. The van der Waals surface area contributed by atoms with E-state index in [0.717, 1.165) is 44.5 Å². The minimum Gasteiger partial charge on any atom is -0.497 e. The first-order valence-corrected chi connectivity index (χ1v) is 11.5. The van der Waals surface area contributed by atoms with Crippen molar-refractivity contribution in [1.29, 1.82) is 0 Å². The van der Waals surface area contributed by atoms with Crippen LogP contribution < -0.4 is 15.4 Å². The molecule has 0 atom stereocenters. The Hall–Kier alpha value is -3.80. The Morgan fingerprint density at radius 3 is 2.50 bits per heavy atom. The predicted octanol–water partition coefficient (Wildman–Crippen LogP) is 6.43. The van der Waals surface area contributed by atoms with Crippen LogP contribution in [0.15, 0.2) is 54.6 Å². The van der Waals surface area contributed by atoms with E-state index in [1.54, 1.807) is 7.11 Å². The molecule has 6 nitrogen and oxygen atoms in total. The van der Waals surface area contributed by atoms with Crippen molar-refractivity contribution in [2.24, 2.45) is 0 Å². The number of alkyl carbamates (subject to hydrolysis) is 1. The van der Waals surface area contributed by atoms with Crippen LogP contribution in [0, 0.1) is 13.8 Å². The highest BCUT2D eigenvalue weighted by Crippen LogP contribution is 2.36. The van der Waals surface area contributed by atoms with Crippen LogP contribution in [-0.2, 0) is 11.2 Å². The minimum atomic E-state index is -0.390. The second kappa shape index (κ2) is 10.00. The number of benzene rings is 3. The maximum Gasteiger partial charge on any atom is 0.407 e. The lowest BCUT2D eigenvalue weighted by Gasteiger charge is -2.16. The van der Waals surface area contributed by atoms with Crippen molar-refractivity contribution >= 4 is 39.3 Å². The van der Waals surface area contributed by atoms with Crippen LogP contribution in [-0.4, -0.2) is 30.8 Å². The summed E-state index contributed by atoms with van der Waals surface area (Å²) < 4.78 is 10.8. The van der Waals surface area contributed by atoms with E-state index >= 15 is 0 Å². The maximum atomic E-state index is 11.7. The van der Waals surface area contributed by atoms with Crippen LogP contribution in [0.1, 0.15) is 30.5 Å². The largest absolute Gasteiger partial charge is 0.497 e. The van der Waals surface area contributed by atoms with Crippen LogP contribution in [0.5, 0.6) is 5.75 Å². The van der Waals surface area contributed by atoms with E-state index < -0.39 is 6.09 Å². The van der Waals surface area contributed by atoms with Crippen molar-refractivity contribution in [2.75, 3.05) is 19.0 Å². The van der Waals surface area contributed by atoms with E-state index in [1.165, 1.54) is 11.1 Å². The zero-order valence-electron chi connectivity index (χ0n) is 20.4. The van der Waals surface area contributed by atoms with Gasteiger partial charge in [0, 0.05) is 28.9 Å². The summed E-state index contributed by atoms with van der Waals surface area (Å²) in [5, 5.41) is 8.43. The number of methoxy groups -OCH3 is 1. The summed E-state index contributed by atoms with van der Waals surface area (Å²) in [5.74, 6) is 0.783. The topological polar surface area (TPSA) is 72.5 Å². The number of nitrogens with zero attached hydrogens (tertiary/aromatic N) is 1. The molecule has 2 N–H and O–H groups in total. The Morgan fingerprint density at radius 2 is 1.74 bits per heavy atom. The van der Waals surface area contributed by atoms with Gasteiger partial charge in [-0.2, -0.15) is 0 Å². The molecular formula is C28H31N3O3. The quantitative estimate of drug-likeness (QED) is 0.313. The molecule has 0 aliphatic rings. The standard InChI is InChI=1S/C28H31N3O3/c1-17(2)29-28(32)34-12-11-20-7-6-8-21(15-20)30-27-23-13-18(3)19(4)14-26(23)31-25-10-9-22(33-5)16-24(25)27/h6-10,13-17H,11-12H2,1-5H3,(H,29,32)(H,30,31). The zero-order chi connectivity index (χ0) is 24.2. The third-order valence-electron chi connectivity index (χ3n) is 5.82. The van der Waals surface area contributed by atoms with E-state index in [1.807, 2.05) is 50.2 Å². The van der Waals surface area contributed by atoms with Gasteiger partial charge in [0.1, 0.15) is 5.75 Å². The average molecular weight is 458 g/mol. The number of nitrogens with one attached hydrogen (secondary N) is 2. The van der Waals surface area contributed by atoms with Crippen molar-refractivity contribution in [1.82, 2.24) is 10.3 Å². The fourth-order valence-corrected chi connectivity index (χ4v) is 3.93. The molecule has 0 saturated heterocycles. The van der Waals surface area contributed by atoms with Gasteiger partial charge in [-0.3, -0.25) is 0 Å². The van der Waals surface area contributed by atoms with Crippen molar-refractivity contribution in [3.05, 3.63) is 71.3 Å². The lowest BCUT2D eigenvalue weighted by atomic mass is 10.0. The predicted molar refractivity (Wildman–Crippen MR) is 138 cm³/mol. The van der Waals surface area contributed by atoms with Gasteiger partial charge in [-0.15, -0.1) is 0 Å². The van der Waals surface area contributed by atoms with E-state index in [9.17, 15) is 4.79 Å². The minimum absolute atomic E-state index is 0.0519. The first kappa shape index (κ1) is 23.4. The number of aryl methyl sites for hydroxylation is 2. The van der Waals surface area contributed by atoms with Crippen molar-refractivity contribution in [2.45, 2.75) is 40.2 Å². The number of carbonyl (C=O) groups is 1. The monoisotopic (exact) mass is 457 g/mol. The van der Waals surface area contributed by atoms with Gasteiger partial charge in [0.2, 0.25) is 0 Å². The van der Waals surface area contributed by atoms with Crippen molar-refractivity contribution < 1.29 is 14.3 Å². The Balaban J connectivity index is 1.67. The van der Waals surface area contributed by atoms with Crippen LogP contribution in [0.3, 0.4) is 0 Å². The van der Waals surface area contributed by atoms with E-state index in [2.05, 4.69) is 42.7 Å². The van der Waals surface area contributed by atoms with Crippen LogP contribution in [0.25, 0.3) is 21.8 Å². The Bertz CT molecular complexity index is 1350. The van der Waals surface area contributed by atoms with Gasteiger partial charge in [0.15, 0.2) is 0 Å². The number of hydrogen-bond acceptors (Lipinski definition) is 5. The molecule has 1 aromatic heterocycles. The Labute approximate surface area is 200 Å². The van der Waals surface area contributed by atoms with Crippen molar-refractivity contribution in [3.63, 3.8) is 0 Å². The second-order valence-electron chi connectivity index (χ2n) is 8.83. The van der Waals surface area contributed by atoms with E-state index in [4.69, 9.17) is 14.5 Å². The summed E-state index contributed by atoms with van der Waals surface area (Å²) in [6.07, 6.45) is 0.240. The molecular weight excluding hydrogens is 426 g/mol. The summed E-state index contributed by atoms with van der Waals surface area (Å²) >= 11 is 0. The number of anilines is 2. The fourth-order valence-electron chi connectivity index (χ4n) is 3.93. The molecule has 34 heavy (non-hydrogen) atoms. The normalized spacial score (nSPS) is 11.1. The molecule has 4 aromatic rings. The molecule has 0 aliphatic heterocycles. The van der Waals surface area contributed by atoms with Gasteiger partial charge in [-0.05, 0) is 86.8 Å². The number of ether oxygens (including phenoxy) is 2. The smallest absolute Gasteiger partial charge is 0.407 e. The zero-order valence-corrected chi connectivity index (χ0v) is 20.4. The lowest BCUT2D eigenvalue weighted by molar-refractivity contribution is 0.145. The molecule has 176 valence electrons. The molecule has 1 amide bonds. The molecule has 0 saturated carbocycles. The molecule has 0 aliphatic carbocycles. The molecule has 0 unspecified atom stereocenters. The summed E-state index contributed by atoms with van der Waals surface area (Å²) in [6.45, 7) is 8.35. The molecule has 0 radical (unpaired) electrons. The first-order valence-electron chi connectivity index (χ1n) is 11.5. The molecule has 1 heterocycles. The summed E-state index contributed by atoms with van der Waals surface area (Å²) in [5.41, 5.74) is 7.30. The number of hydrogen-bond donors (Lipinski definition) is 2. The molecule has 4 rings (SSSR count). The number of rotatable bonds is 7. The lowest BCUT2D eigenvalue weighted by Crippen LogP contribution is -2.31. The van der Waals surface area contributed by atoms with Gasteiger partial charge in [-0.1, -0.05) is 12.1 Å². The van der Waals surface area contributed by atoms with Gasteiger partial charge in [0.05, 0.1) is 30.4 Å². The van der Waals surface area contributed by atoms with E-state index in [-0.39, 0.29) is 6.04 Å². The summed E-state index contributed by atoms with van der Waals surface area (Å²) in [6, 6.07) is 18.5. The Morgan fingerprint density at radius 1 is 0.971 bits per heavy atom. The Kier molecular flexibility index (Phi) is 6.87. The highest BCUT2D eigenvalue weighted by molar-refractivity contribution is 6.09. The number of pyridine rings is 1. The first-order chi connectivity index (χ1) is 16.3. The van der Waals surface area contributed by atoms with Gasteiger partial charge in [0.25, 0.3) is 0 Å². The molecule has 0 spiro atoms. The number of amides is 1. The van der Waals surface area contributed by atoms with Crippen molar-refractivity contribution in [3.8, 4) is 5.75 Å². The van der Waals surface area contributed by atoms with Gasteiger partial charge in [-0.25, -0.2) is 9.78 Å². The number of carbonyl (C=O) groups excluding carboxylic acids is 1. The van der Waals surface area contributed by atoms with Crippen LogP contribution in [0.4, 0.5) is 16.2 Å². The second-order valence-corrected chi connectivity index (χ2v) is 8.83. The SMILES string of the molecule is COc1ccc2nc3cc(C)c(C)cc3c(Nc3cccc(CCOC(=O)NC(C)C)c3)c2c1. The average Bonchev–Trinajstić information content (AvgIpc) is 2.80. The van der Waals surface area contributed by atoms with E-state index in [0.29, 0.717) is 13.0 Å². The molecule has 6 heteroatoms. The van der Waals surface area contributed by atoms with Crippen LogP contribution in [0.2, 0.25) is 0 Å². The fraction of sp³-hybridized carbons (Fsp3) is 0.286. The highest BCUT2D eigenvalue weighted by Gasteiger charge is 2.13. The van der Waals surface area contributed by atoms with Gasteiger partial charge >= 0.3 is 6.09 Å². The van der Waals surface area contributed by atoms with Crippen LogP contribution >= 0.6 is 0 Å². The number of aromatic nitrogens is 1. The highest BCUT2D eigenvalue weighted by atomic mass is 16.5. The number of fused-ring (bicyclic) bond motifs is 2.